The second-order valence-electron chi connectivity index (χ2n) is 10.1. The van der Waals surface area contributed by atoms with Gasteiger partial charge in [0.25, 0.3) is 0 Å². The zero-order chi connectivity index (χ0) is 22.1. The summed E-state index contributed by atoms with van der Waals surface area (Å²) in [5, 5.41) is 9.82. The number of aliphatic hydroxyl groups is 1. The van der Waals surface area contributed by atoms with E-state index in [4.69, 9.17) is 0 Å². The maximum absolute atomic E-state index is 13.5. The Kier molecular flexibility index (Phi) is 5.97. The van der Waals surface area contributed by atoms with Gasteiger partial charge in [0.2, 0.25) is 5.91 Å². The molecule has 1 saturated carbocycles. The summed E-state index contributed by atoms with van der Waals surface area (Å²) in [6.07, 6.45) is 8.86. The number of rotatable bonds is 2. The molecule has 6 heteroatoms. The third kappa shape index (κ3) is 4.05. The lowest BCUT2D eigenvalue weighted by Crippen LogP contribution is -2.54. The van der Waals surface area contributed by atoms with E-state index in [0.717, 1.165) is 71.0 Å². The van der Waals surface area contributed by atoms with Gasteiger partial charge in [0.1, 0.15) is 0 Å². The van der Waals surface area contributed by atoms with E-state index in [-0.39, 0.29) is 24.1 Å². The monoisotopic (exact) mass is 437 g/mol. The van der Waals surface area contributed by atoms with Crippen LogP contribution in [0.15, 0.2) is 36.4 Å². The van der Waals surface area contributed by atoms with Crippen molar-refractivity contribution in [1.29, 1.82) is 0 Å². The van der Waals surface area contributed by atoms with Crippen LogP contribution in [0.2, 0.25) is 0 Å². The zero-order valence-corrected chi connectivity index (χ0v) is 18.9. The SMILES string of the molecule is O=C(N1CC=C(c2ccccc2)CC1)N1CCCC2(CCN(C3CCC(O)CC3)C2=O)C1. The van der Waals surface area contributed by atoms with E-state index in [0.29, 0.717) is 13.1 Å². The molecule has 0 aromatic heterocycles. The fourth-order valence-electron chi connectivity index (χ4n) is 6.20. The minimum absolute atomic E-state index is 0.0828. The summed E-state index contributed by atoms with van der Waals surface area (Å²) >= 11 is 0. The Bertz CT molecular complexity index is 878. The van der Waals surface area contributed by atoms with E-state index in [9.17, 15) is 14.7 Å². The molecule has 3 heterocycles. The zero-order valence-electron chi connectivity index (χ0n) is 18.9. The Morgan fingerprint density at radius 1 is 0.969 bits per heavy atom. The number of piperidine rings is 1. The molecule has 5 rings (SSSR count). The quantitative estimate of drug-likeness (QED) is 0.770. The van der Waals surface area contributed by atoms with Crippen molar-refractivity contribution in [3.8, 4) is 0 Å². The third-order valence-corrected chi connectivity index (χ3v) is 8.12. The molecule has 1 unspecified atom stereocenters. The molecular formula is C26H35N3O3. The van der Waals surface area contributed by atoms with Crippen LogP contribution in [0.5, 0.6) is 0 Å². The van der Waals surface area contributed by atoms with Gasteiger partial charge in [-0.15, -0.1) is 0 Å². The minimum atomic E-state index is -0.398. The molecule has 172 valence electrons. The number of carbonyl (C=O) groups is 2. The van der Waals surface area contributed by atoms with Crippen LogP contribution in [0.25, 0.3) is 5.57 Å². The highest BCUT2D eigenvalue weighted by Gasteiger charge is 2.51. The minimum Gasteiger partial charge on any atom is -0.393 e. The molecular weight excluding hydrogens is 402 g/mol. The van der Waals surface area contributed by atoms with Gasteiger partial charge in [-0.25, -0.2) is 4.79 Å². The number of hydrogen-bond acceptors (Lipinski definition) is 3. The Balaban J connectivity index is 1.22. The molecule has 4 aliphatic rings. The lowest BCUT2D eigenvalue weighted by molar-refractivity contribution is -0.141. The Morgan fingerprint density at radius 2 is 1.75 bits per heavy atom. The molecule has 32 heavy (non-hydrogen) atoms. The topological polar surface area (TPSA) is 64.1 Å². The highest BCUT2D eigenvalue weighted by atomic mass is 16.3. The van der Waals surface area contributed by atoms with Gasteiger partial charge in [-0.1, -0.05) is 36.4 Å². The van der Waals surface area contributed by atoms with Crippen molar-refractivity contribution in [2.75, 3.05) is 32.7 Å². The van der Waals surface area contributed by atoms with Gasteiger partial charge in [-0.05, 0) is 62.5 Å². The lowest BCUT2D eigenvalue weighted by atomic mass is 9.78. The molecule has 1 aromatic carbocycles. The normalized spacial score (nSPS) is 31.2. The molecule has 1 aromatic rings. The summed E-state index contributed by atoms with van der Waals surface area (Å²) < 4.78 is 0. The second kappa shape index (κ2) is 8.89. The van der Waals surface area contributed by atoms with Crippen molar-refractivity contribution in [3.63, 3.8) is 0 Å². The average Bonchev–Trinajstić information content (AvgIpc) is 3.15. The van der Waals surface area contributed by atoms with Crippen molar-refractivity contribution in [2.24, 2.45) is 5.41 Å². The van der Waals surface area contributed by atoms with Gasteiger partial charge < -0.3 is 19.8 Å². The van der Waals surface area contributed by atoms with Crippen LogP contribution in [0, 0.1) is 5.41 Å². The van der Waals surface area contributed by atoms with Crippen LogP contribution in [0.4, 0.5) is 4.79 Å². The summed E-state index contributed by atoms with van der Waals surface area (Å²) in [6.45, 7) is 3.47. The predicted octanol–water partition coefficient (Wildman–Crippen LogP) is 3.51. The molecule has 1 atom stereocenters. The summed E-state index contributed by atoms with van der Waals surface area (Å²) in [5.74, 6) is 0.251. The van der Waals surface area contributed by atoms with Crippen molar-refractivity contribution in [1.82, 2.24) is 14.7 Å². The number of benzene rings is 1. The molecule has 1 N–H and O–H groups in total. The number of urea groups is 1. The number of aliphatic hydroxyl groups excluding tert-OH is 1. The van der Waals surface area contributed by atoms with Crippen molar-refractivity contribution >= 4 is 17.5 Å². The first-order chi connectivity index (χ1) is 15.6. The summed E-state index contributed by atoms with van der Waals surface area (Å²) in [5.41, 5.74) is 2.15. The lowest BCUT2D eigenvalue weighted by Gasteiger charge is -2.42. The first-order valence-electron chi connectivity index (χ1n) is 12.3. The van der Waals surface area contributed by atoms with E-state index >= 15 is 0 Å². The second-order valence-corrected chi connectivity index (χ2v) is 10.1. The van der Waals surface area contributed by atoms with Gasteiger partial charge in [-0.2, -0.15) is 0 Å². The fourth-order valence-corrected chi connectivity index (χ4v) is 6.20. The number of carbonyl (C=O) groups excluding carboxylic acids is 2. The molecule has 0 radical (unpaired) electrons. The highest BCUT2D eigenvalue weighted by molar-refractivity contribution is 5.87. The fraction of sp³-hybridized carbons (Fsp3) is 0.615. The van der Waals surface area contributed by atoms with Gasteiger partial charge in [0.15, 0.2) is 0 Å². The number of likely N-dealkylation sites (tertiary alicyclic amines) is 2. The summed E-state index contributed by atoms with van der Waals surface area (Å²) in [4.78, 5) is 32.8. The molecule has 6 nitrogen and oxygen atoms in total. The van der Waals surface area contributed by atoms with Gasteiger partial charge in [0.05, 0.1) is 11.5 Å². The number of amides is 3. The van der Waals surface area contributed by atoms with Crippen molar-refractivity contribution in [2.45, 2.75) is 63.5 Å². The van der Waals surface area contributed by atoms with Crippen molar-refractivity contribution in [3.05, 3.63) is 42.0 Å². The smallest absolute Gasteiger partial charge is 0.320 e. The number of nitrogens with zero attached hydrogens (tertiary/aromatic N) is 3. The van der Waals surface area contributed by atoms with E-state index in [1.165, 1.54) is 11.1 Å². The molecule has 3 aliphatic heterocycles. The van der Waals surface area contributed by atoms with Gasteiger partial charge in [0, 0.05) is 38.8 Å². The molecule has 1 spiro atoms. The van der Waals surface area contributed by atoms with Crippen LogP contribution >= 0.6 is 0 Å². The maximum Gasteiger partial charge on any atom is 0.320 e. The van der Waals surface area contributed by atoms with E-state index in [1.807, 2.05) is 15.9 Å². The van der Waals surface area contributed by atoms with Gasteiger partial charge >= 0.3 is 6.03 Å². The molecule has 3 amide bonds. The first-order valence-corrected chi connectivity index (χ1v) is 12.3. The largest absolute Gasteiger partial charge is 0.393 e. The molecule has 1 aliphatic carbocycles. The van der Waals surface area contributed by atoms with Gasteiger partial charge in [-0.3, -0.25) is 4.79 Å². The Morgan fingerprint density at radius 3 is 2.47 bits per heavy atom. The maximum atomic E-state index is 13.5. The standard InChI is InChI=1S/C26H35N3O3/c30-23-9-7-22(8-10-23)29-18-14-26(24(29)31)13-4-15-28(19-26)25(32)27-16-11-21(12-17-27)20-5-2-1-3-6-20/h1-3,5-6,11,22-23,30H,4,7-10,12-19H2. The van der Waals surface area contributed by atoms with Crippen LogP contribution in [-0.4, -0.2) is 76.6 Å². The van der Waals surface area contributed by atoms with Crippen LogP contribution in [0.3, 0.4) is 0 Å². The highest BCUT2D eigenvalue weighted by Crippen LogP contribution is 2.42. The number of hydrogen-bond donors (Lipinski definition) is 1. The molecule has 0 bridgehead atoms. The average molecular weight is 438 g/mol. The third-order valence-electron chi connectivity index (χ3n) is 8.12. The van der Waals surface area contributed by atoms with E-state index < -0.39 is 5.41 Å². The van der Waals surface area contributed by atoms with Crippen molar-refractivity contribution < 1.29 is 14.7 Å². The Labute approximate surface area is 190 Å². The van der Waals surface area contributed by atoms with E-state index in [1.54, 1.807) is 0 Å². The summed E-state index contributed by atoms with van der Waals surface area (Å²) in [7, 11) is 0. The predicted molar refractivity (Wildman–Crippen MR) is 124 cm³/mol. The first kappa shape index (κ1) is 21.5. The van der Waals surface area contributed by atoms with Crippen LogP contribution in [-0.2, 0) is 4.79 Å². The molecule has 2 saturated heterocycles. The van der Waals surface area contributed by atoms with Crippen LogP contribution in [0.1, 0.15) is 56.9 Å². The molecule has 3 fully saturated rings. The summed E-state index contributed by atoms with van der Waals surface area (Å²) in [6, 6.07) is 10.7. The Hall–Kier alpha value is -2.34. The van der Waals surface area contributed by atoms with E-state index in [2.05, 4.69) is 35.2 Å². The van der Waals surface area contributed by atoms with Crippen LogP contribution < -0.4 is 0 Å².